The van der Waals surface area contributed by atoms with Gasteiger partial charge in [0.15, 0.2) is 0 Å². The number of nitrogens with two attached hydrogens (primary N) is 1. The summed E-state index contributed by atoms with van der Waals surface area (Å²) in [5.74, 6) is -0.259. The van der Waals surface area contributed by atoms with Crippen molar-refractivity contribution in [2.45, 2.75) is 6.92 Å². The number of carbonyl (C=O) groups is 1. The van der Waals surface area contributed by atoms with Crippen molar-refractivity contribution in [3.63, 3.8) is 0 Å². The molecule has 1 aromatic carbocycles. The monoisotopic (exact) mass is 261 g/mol. The lowest BCUT2D eigenvalue weighted by molar-refractivity contribution is 0.249. The van der Waals surface area contributed by atoms with E-state index in [9.17, 15) is 14.7 Å². The number of aromatic hydroxyl groups is 1. The molecule has 2 aromatic rings. The Kier molecular flexibility index (Phi) is 3.19. The highest BCUT2D eigenvalue weighted by Crippen LogP contribution is 2.26. The fraction of sp³-hybridized carbons (Fsp3) is 0.0833. The van der Waals surface area contributed by atoms with E-state index in [2.05, 4.69) is 5.10 Å². The molecular weight excluding hydrogens is 250 g/mol. The van der Waals surface area contributed by atoms with Crippen LogP contribution in [-0.2, 0) is 0 Å². The fourth-order valence-electron chi connectivity index (χ4n) is 1.59. The van der Waals surface area contributed by atoms with E-state index in [4.69, 9.17) is 10.2 Å². The third kappa shape index (κ3) is 2.54. The largest absolute Gasteiger partial charge is 0.506 e. The van der Waals surface area contributed by atoms with Gasteiger partial charge in [0, 0.05) is 0 Å². The van der Waals surface area contributed by atoms with Gasteiger partial charge in [-0.05, 0) is 19.1 Å². The number of nitrogens with one attached hydrogen (secondary N) is 1. The molecular formula is C12H11N3O4. The van der Waals surface area contributed by atoms with E-state index in [-0.39, 0.29) is 16.9 Å². The topological polar surface area (TPSA) is 118 Å². The Balaban J connectivity index is 2.58. The van der Waals surface area contributed by atoms with Gasteiger partial charge in [0.2, 0.25) is 0 Å². The molecule has 0 unspecified atom stereocenters. The van der Waals surface area contributed by atoms with E-state index < -0.39 is 11.7 Å². The van der Waals surface area contributed by atoms with Crippen LogP contribution in [0.4, 0.5) is 4.79 Å². The molecule has 7 nitrogen and oxygen atoms in total. The van der Waals surface area contributed by atoms with Crippen LogP contribution in [0.1, 0.15) is 11.1 Å². The summed E-state index contributed by atoms with van der Waals surface area (Å²) in [5, 5.41) is 13.8. The molecule has 0 bridgehead atoms. The second-order valence-electron chi connectivity index (χ2n) is 3.89. The van der Waals surface area contributed by atoms with Gasteiger partial charge in [-0.25, -0.2) is 15.0 Å². The van der Waals surface area contributed by atoms with Crippen LogP contribution in [0.5, 0.6) is 5.75 Å². The summed E-state index contributed by atoms with van der Waals surface area (Å²) in [4.78, 5) is 22.1. The van der Waals surface area contributed by atoms with Crippen molar-refractivity contribution < 1.29 is 14.3 Å². The van der Waals surface area contributed by atoms with Crippen molar-refractivity contribution in [2.75, 3.05) is 0 Å². The number of urea groups is 1. The number of hydrazone groups is 1. The minimum absolute atomic E-state index is 0.160. The molecule has 2 rings (SSSR count). The maximum absolute atomic E-state index is 11.7. The average molecular weight is 261 g/mol. The third-order valence-corrected chi connectivity index (χ3v) is 2.44. The Morgan fingerprint density at radius 1 is 1.53 bits per heavy atom. The number of rotatable bonds is 2. The number of nitrogens with zero attached hydrogens (tertiary/aromatic N) is 1. The molecule has 0 saturated carbocycles. The van der Waals surface area contributed by atoms with E-state index in [1.165, 1.54) is 0 Å². The lowest BCUT2D eigenvalue weighted by Gasteiger charge is -2.03. The van der Waals surface area contributed by atoms with Crippen molar-refractivity contribution >= 4 is 23.2 Å². The zero-order chi connectivity index (χ0) is 14.0. The normalized spacial score (nSPS) is 11.0. The molecule has 1 aromatic heterocycles. The number of amides is 2. The Hall–Kier alpha value is -2.83. The average Bonchev–Trinajstić information content (AvgIpc) is 2.34. The molecule has 0 fully saturated rings. The Labute approximate surface area is 107 Å². The number of benzene rings is 1. The van der Waals surface area contributed by atoms with Gasteiger partial charge in [-0.15, -0.1) is 0 Å². The summed E-state index contributed by atoms with van der Waals surface area (Å²) in [6, 6.07) is 4.14. The first-order valence-electron chi connectivity index (χ1n) is 5.34. The van der Waals surface area contributed by atoms with Gasteiger partial charge < -0.3 is 15.3 Å². The molecule has 0 spiro atoms. The van der Waals surface area contributed by atoms with Gasteiger partial charge in [-0.3, -0.25) is 0 Å². The second kappa shape index (κ2) is 4.81. The predicted octanol–water partition coefficient (Wildman–Crippen LogP) is 0.809. The van der Waals surface area contributed by atoms with Crippen LogP contribution in [0.15, 0.2) is 32.5 Å². The van der Waals surface area contributed by atoms with Crippen LogP contribution in [0.3, 0.4) is 0 Å². The van der Waals surface area contributed by atoms with E-state index in [1.807, 2.05) is 12.3 Å². The first-order chi connectivity index (χ1) is 8.99. The highest BCUT2D eigenvalue weighted by Gasteiger charge is 2.12. The highest BCUT2D eigenvalue weighted by atomic mass is 16.4. The molecule has 0 saturated heterocycles. The van der Waals surface area contributed by atoms with Crippen LogP contribution in [0.25, 0.3) is 11.0 Å². The molecule has 4 N–H and O–H groups in total. The number of primary amides is 1. The van der Waals surface area contributed by atoms with Gasteiger partial charge in [0.05, 0.1) is 11.6 Å². The number of hydrogen-bond acceptors (Lipinski definition) is 5. The first kappa shape index (κ1) is 12.6. The Bertz CT molecular complexity index is 734. The highest BCUT2D eigenvalue weighted by molar-refractivity contribution is 5.94. The molecule has 7 heteroatoms. The zero-order valence-electron chi connectivity index (χ0n) is 10.0. The first-order valence-corrected chi connectivity index (χ1v) is 5.34. The van der Waals surface area contributed by atoms with E-state index in [0.717, 1.165) is 11.8 Å². The maximum Gasteiger partial charge on any atom is 0.349 e. The molecule has 0 aliphatic heterocycles. The minimum atomic E-state index is -0.878. The van der Waals surface area contributed by atoms with Crippen molar-refractivity contribution in [3.05, 3.63) is 39.7 Å². The van der Waals surface area contributed by atoms with Crippen molar-refractivity contribution in [2.24, 2.45) is 10.8 Å². The molecule has 1 heterocycles. The summed E-state index contributed by atoms with van der Waals surface area (Å²) in [6.07, 6.45) is 0.980. The number of aryl methyl sites for hydroxylation is 1. The van der Waals surface area contributed by atoms with Gasteiger partial charge in [0.1, 0.15) is 16.9 Å². The second-order valence-corrected chi connectivity index (χ2v) is 3.89. The summed E-state index contributed by atoms with van der Waals surface area (Å²) < 4.78 is 5.04. The zero-order valence-corrected chi connectivity index (χ0v) is 10.0. The third-order valence-electron chi connectivity index (χ3n) is 2.44. The lowest BCUT2D eigenvalue weighted by Crippen LogP contribution is -2.24. The molecule has 0 aliphatic carbocycles. The summed E-state index contributed by atoms with van der Waals surface area (Å²) in [7, 11) is 0. The van der Waals surface area contributed by atoms with Crippen molar-refractivity contribution in [1.82, 2.24) is 5.43 Å². The minimum Gasteiger partial charge on any atom is -0.506 e. The number of hydrogen-bond donors (Lipinski definition) is 3. The molecule has 98 valence electrons. The standard InChI is InChI=1S/C12H11N3O4/c1-6-2-3-9-7(4-6)10(16)8(11(17)19-9)5-14-15-12(13)18/h2-5,16H,1H3,(H3,13,15,18)/b14-5+. The van der Waals surface area contributed by atoms with Crippen LogP contribution < -0.4 is 16.8 Å². The Morgan fingerprint density at radius 2 is 2.26 bits per heavy atom. The predicted molar refractivity (Wildman–Crippen MR) is 69.2 cm³/mol. The van der Waals surface area contributed by atoms with Crippen LogP contribution in [0, 0.1) is 6.92 Å². The SMILES string of the molecule is Cc1ccc2oc(=O)c(/C=N/NC(N)=O)c(O)c2c1. The fourth-order valence-corrected chi connectivity index (χ4v) is 1.59. The van der Waals surface area contributed by atoms with Gasteiger partial charge in [-0.1, -0.05) is 11.6 Å². The van der Waals surface area contributed by atoms with E-state index in [1.54, 1.807) is 18.2 Å². The number of carbonyl (C=O) groups excluding carboxylic acids is 1. The van der Waals surface area contributed by atoms with Gasteiger partial charge in [0.25, 0.3) is 0 Å². The van der Waals surface area contributed by atoms with Crippen LogP contribution >= 0.6 is 0 Å². The van der Waals surface area contributed by atoms with Crippen LogP contribution in [0.2, 0.25) is 0 Å². The van der Waals surface area contributed by atoms with Crippen molar-refractivity contribution in [3.8, 4) is 5.75 Å². The van der Waals surface area contributed by atoms with Gasteiger partial charge >= 0.3 is 11.7 Å². The lowest BCUT2D eigenvalue weighted by atomic mass is 10.1. The molecule has 19 heavy (non-hydrogen) atoms. The Morgan fingerprint density at radius 3 is 2.95 bits per heavy atom. The number of fused-ring (bicyclic) bond motifs is 1. The summed E-state index contributed by atoms with van der Waals surface area (Å²) >= 11 is 0. The van der Waals surface area contributed by atoms with E-state index >= 15 is 0 Å². The van der Waals surface area contributed by atoms with Gasteiger partial charge in [-0.2, -0.15) is 5.10 Å². The van der Waals surface area contributed by atoms with Crippen molar-refractivity contribution in [1.29, 1.82) is 0 Å². The smallest absolute Gasteiger partial charge is 0.349 e. The molecule has 0 atom stereocenters. The van der Waals surface area contributed by atoms with E-state index in [0.29, 0.717) is 5.39 Å². The molecule has 0 aliphatic rings. The molecule has 2 amide bonds. The maximum atomic E-state index is 11.7. The van der Waals surface area contributed by atoms with Crippen LogP contribution in [-0.4, -0.2) is 17.4 Å². The molecule has 0 radical (unpaired) electrons. The summed E-state index contributed by atoms with van der Waals surface area (Å²) in [5.41, 5.74) is 6.99. The quantitative estimate of drug-likeness (QED) is 0.421. The summed E-state index contributed by atoms with van der Waals surface area (Å²) in [6.45, 7) is 1.84.